The van der Waals surface area contributed by atoms with E-state index in [1.165, 1.54) is 11.3 Å². The summed E-state index contributed by atoms with van der Waals surface area (Å²) in [7, 11) is 0. The molecule has 3 nitrogen and oxygen atoms in total. The predicted molar refractivity (Wildman–Crippen MR) is 84.6 cm³/mol. The van der Waals surface area contributed by atoms with Gasteiger partial charge in [-0.25, -0.2) is 4.79 Å². The van der Waals surface area contributed by atoms with Gasteiger partial charge < -0.3 is 10.5 Å². The van der Waals surface area contributed by atoms with Crippen molar-refractivity contribution in [2.75, 3.05) is 12.3 Å². The summed E-state index contributed by atoms with van der Waals surface area (Å²) in [5.41, 5.74) is 9.53. The van der Waals surface area contributed by atoms with Gasteiger partial charge in [0.25, 0.3) is 0 Å². The van der Waals surface area contributed by atoms with Crippen molar-refractivity contribution in [3.8, 4) is 10.4 Å². The number of benzene rings is 1. The van der Waals surface area contributed by atoms with Gasteiger partial charge in [0.05, 0.1) is 12.3 Å². The van der Waals surface area contributed by atoms with Gasteiger partial charge in [0.2, 0.25) is 0 Å². The number of carbonyl (C=O) groups excluding carboxylic acids is 1. The first-order valence-corrected chi connectivity index (χ1v) is 7.47. The fourth-order valence-corrected chi connectivity index (χ4v) is 3.45. The SMILES string of the molecule is CCOC(=O)c1sc(-c2ccc(Cl)cc2C)c(C)c1N. The molecule has 2 rings (SSSR count). The first-order chi connectivity index (χ1) is 9.45. The Labute approximate surface area is 127 Å². The molecule has 20 heavy (non-hydrogen) atoms. The molecule has 5 heteroatoms. The number of thiophene rings is 1. The number of aryl methyl sites for hydroxylation is 1. The number of esters is 1. The van der Waals surface area contributed by atoms with E-state index in [9.17, 15) is 4.79 Å². The molecule has 1 heterocycles. The minimum absolute atomic E-state index is 0.338. The molecule has 0 aliphatic carbocycles. The number of hydrogen-bond acceptors (Lipinski definition) is 4. The Balaban J connectivity index is 2.53. The minimum Gasteiger partial charge on any atom is -0.462 e. The van der Waals surface area contributed by atoms with Crippen LogP contribution in [0.3, 0.4) is 0 Å². The summed E-state index contributed by atoms with van der Waals surface area (Å²) in [6.07, 6.45) is 0. The standard InChI is InChI=1S/C15H16ClNO2S/c1-4-19-15(18)14-12(17)9(3)13(20-14)11-6-5-10(16)7-8(11)2/h5-7H,4,17H2,1-3H3. The van der Waals surface area contributed by atoms with Crippen molar-refractivity contribution >= 4 is 34.6 Å². The van der Waals surface area contributed by atoms with E-state index in [0.29, 0.717) is 22.2 Å². The highest BCUT2D eigenvalue weighted by atomic mass is 35.5. The maximum atomic E-state index is 11.9. The summed E-state index contributed by atoms with van der Waals surface area (Å²) in [4.78, 5) is 13.3. The van der Waals surface area contributed by atoms with Gasteiger partial charge >= 0.3 is 5.97 Å². The number of hydrogen-bond donors (Lipinski definition) is 1. The monoisotopic (exact) mass is 309 g/mol. The average molecular weight is 310 g/mol. The molecule has 2 N–H and O–H groups in total. The van der Waals surface area contributed by atoms with Crippen LogP contribution in [0.5, 0.6) is 0 Å². The molecule has 0 radical (unpaired) electrons. The molecule has 0 aliphatic rings. The first-order valence-electron chi connectivity index (χ1n) is 6.28. The molecule has 106 valence electrons. The highest BCUT2D eigenvalue weighted by Crippen LogP contribution is 2.40. The molecule has 0 amide bonds. The lowest BCUT2D eigenvalue weighted by molar-refractivity contribution is 0.0533. The van der Waals surface area contributed by atoms with Gasteiger partial charge in [0, 0.05) is 9.90 Å². The van der Waals surface area contributed by atoms with Gasteiger partial charge in [-0.3, -0.25) is 0 Å². The van der Waals surface area contributed by atoms with Crippen LogP contribution in [0.4, 0.5) is 5.69 Å². The summed E-state index contributed by atoms with van der Waals surface area (Å²) in [5.74, 6) is -0.365. The molecule has 0 saturated carbocycles. The van der Waals surface area contributed by atoms with Crippen LogP contribution in [0.1, 0.15) is 27.7 Å². The summed E-state index contributed by atoms with van der Waals surface area (Å²) in [5, 5.41) is 0.694. The van der Waals surface area contributed by atoms with Crippen molar-refractivity contribution in [3.63, 3.8) is 0 Å². The number of halogens is 1. The van der Waals surface area contributed by atoms with Crippen molar-refractivity contribution in [1.29, 1.82) is 0 Å². The normalized spacial score (nSPS) is 10.6. The number of anilines is 1. The molecule has 1 aromatic heterocycles. The highest BCUT2D eigenvalue weighted by Gasteiger charge is 2.21. The second-order valence-corrected chi connectivity index (χ2v) is 5.94. The lowest BCUT2D eigenvalue weighted by atomic mass is 10.0. The van der Waals surface area contributed by atoms with Gasteiger partial charge in [0.15, 0.2) is 0 Å². The van der Waals surface area contributed by atoms with Crippen LogP contribution in [0.25, 0.3) is 10.4 Å². The Morgan fingerprint density at radius 3 is 2.70 bits per heavy atom. The summed E-state index contributed by atoms with van der Waals surface area (Å²) >= 11 is 7.34. The van der Waals surface area contributed by atoms with E-state index in [1.54, 1.807) is 6.92 Å². The molecule has 0 atom stereocenters. The molecule has 0 spiro atoms. The van der Waals surface area contributed by atoms with Crippen molar-refractivity contribution in [3.05, 3.63) is 39.2 Å². The second kappa shape index (κ2) is 5.85. The van der Waals surface area contributed by atoms with E-state index in [2.05, 4.69) is 0 Å². The maximum absolute atomic E-state index is 11.9. The van der Waals surface area contributed by atoms with E-state index < -0.39 is 0 Å². The van der Waals surface area contributed by atoms with Crippen LogP contribution in [-0.4, -0.2) is 12.6 Å². The largest absolute Gasteiger partial charge is 0.462 e. The number of rotatable bonds is 3. The first kappa shape index (κ1) is 14.9. The third-order valence-electron chi connectivity index (χ3n) is 3.09. The van der Waals surface area contributed by atoms with E-state index in [1.807, 2.05) is 32.0 Å². The zero-order valence-corrected chi connectivity index (χ0v) is 13.2. The number of nitrogens with two attached hydrogens (primary N) is 1. The lowest BCUT2D eigenvalue weighted by Gasteiger charge is -2.05. The lowest BCUT2D eigenvalue weighted by Crippen LogP contribution is -2.05. The highest BCUT2D eigenvalue weighted by molar-refractivity contribution is 7.18. The van der Waals surface area contributed by atoms with E-state index in [-0.39, 0.29) is 5.97 Å². The molecule has 0 bridgehead atoms. The second-order valence-electron chi connectivity index (χ2n) is 4.48. The predicted octanol–water partition coefficient (Wildman–Crippen LogP) is 4.44. The Morgan fingerprint density at radius 1 is 1.40 bits per heavy atom. The Morgan fingerprint density at radius 2 is 2.10 bits per heavy atom. The quantitative estimate of drug-likeness (QED) is 0.852. The fraction of sp³-hybridized carbons (Fsp3) is 0.267. The third kappa shape index (κ3) is 2.67. The van der Waals surface area contributed by atoms with E-state index in [0.717, 1.165) is 21.6 Å². The Bertz CT molecular complexity index is 664. The van der Waals surface area contributed by atoms with Crippen LogP contribution in [-0.2, 0) is 4.74 Å². The molecular weight excluding hydrogens is 294 g/mol. The van der Waals surface area contributed by atoms with Crippen LogP contribution < -0.4 is 5.73 Å². The summed E-state index contributed by atoms with van der Waals surface area (Å²) in [6, 6.07) is 5.68. The maximum Gasteiger partial charge on any atom is 0.350 e. The third-order valence-corrected chi connectivity index (χ3v) is 4.64. The Kier molecular flexibility index (Phi) is 4.35. The molecule has 0 saturated heterocycles. The molecule has 2 aromatic rings. The van der Waals surface area contributed by atoms with Crippen LogP contribution in [0, 0.1) is 13.8 Å². The number of carbonyl (C=O) groups is 1. The van der Waals surface area contributed by atoms with Gasteiger partial charge in [-0.2, -0.15) is 0 Å². The van der Waals surface area contributed by atoms with Gasteiger partial charge in [-0.05, 0) is 49.6 Å². The zero-order chi connectivity index (χ0) is 14.9. The Hall–Kier alpha value is -1.52. The minimum atomic E-state index is -0.365. The van der Waals surface area contributed by atoms with Crippen LogP contribution in [0.2, 0.25) is 5.02 Å². The van der Waals surface area contributed by atoms with Crippen molar-refractivity contribution in [2.45, 2.75) is 20.8 Å². The van der Waals surface area contributed by atoms with Gasteiger partial charge in [0.1, 0.15) is 4.88 Å². The van der Waals surface area contributed by atoms with Gasteiger partial charge in [-0.1, -0.05) is 17.7 Å². The van der Waals surface area contributed by atoms with Crippen LogP contribution >= 0.6 is 22.9 Å². The van der Waals surface area contributed by atoms with Crippen molar-refractivity contribution in [1.82, 2.24) is 0 Å². The average Bonchev–Trinajstić information content (AvgIpc) is 2.67. The molecule has 1 aromatic carbocycles. The number of ether oxygens (including phenoxy) is 1. The fourth-order valence-electron chi connectivity index (χ4n) is 2.01. The smallest absolute Gasteiger partial charge is 0.350 e. The van der Waals surface area contributed by atoms with Crippen molar-refractivity contribution < 1.29 is 9.53 Å². The molecule has 0 unspecified atom stereocenters. The summed E-state index contributed by atoms with van der Waals surface area (Å²) < 4.78 is 5.03. The number of nitrogen functional groups attached to an aromatic ring is 1. The molecular formula is C15H16ClNO2S. The topological polar surface area (TPSA) is 52.3 Å². The zero-order valence-electron chi connectivity index (χ0n) is 11.6. The van der Waals surface area contributed by atoms with Crippen LogP contribution in [0.15, 0.2) is 18.2 Å². The summed E-state index contributed by atoms with van der Waals surface area (Å²) in [6.45, 7) is 6.02. The van der Waals surface area contributed by atoms with E-state index >= 15 is 0 Å². The van der Waals surface area contributed by atoms with E-state index in [4.69, 9.17) is 22.1 Å². The molecule has 0 aliphatic heterocycles. The molecule has 0 fully saturated rings. The van der Waals surface area contributed by atoms with Gasteiger partial charge in [-0.15, -0.1) is 11.3 Å². The van der Waals surface area contributed by atoms with Crippen molar-refractivity contribution in [2.24, 2.45) is 0 Å².